The highest BCUT2D eigenvalue weighted by molar-refractivity contribution is 9.10. The molecule has 0 unspecified atom stereocenters. The second-order valence-electron chi connectivity index (χ2n) is 5.14. The van der Waals surface area contributed by atoms with E-state index in [1.165, 1.54) is 6.07 Å². The summed E-state index contributed by atoms with van der Waals surface area (Å²) < 4.78 is 17.0. The third-order valence-electron chi connectivity index (χ3n) is 3.70. The molecule has 2 aromatic heterocycles. The van der Waals surface area contributed by atoms with Crippen LogP contribution in [0.1, 0.15) is 5.69 Å². The number of rotatable bonds is 1. The number of aryl methyl sites for hydroxylation is 1. The van der Waals surface area contributed by atoms with E-state index < -0.39 is 0 Å². The Hall–Kier alpha value is -2.05. The van der Waals surface area contributed by atoms with Gasteiger partial charge >= 0.3 is 0 Å². The predicted octanol–water partition coefficient (Wildman–Crippen LogP) is 4.81. The van der Waals surface area contributed by atoms with Gasteiger partial charge in [0.25, 0.3) is 0 Å². The first-order chi connectivity index (χ1) is 11.1. The van der Waals surface area contributed by atoms with E-state index in [1.54, 1.807) is 18.5 Å². The van der Waals surface area contributed by atoms with Crippen molar-refractivity contribution in [2.45, 2.75) is 6.92 Å². The SMILES string of the molecule is Cc1nc2c(-c3c(F)cccc3Cl)cc(Br)cc2n2cnnc12. The largest absolute Gasteiger partial charge is 0.278 e. The van der Waals surface area contributed by atoms with Crippen molar-refractivity contribution in [2.75, 3.05) is 0 Å². The van der Waals surface area contributed by atoms with Gasteiger partial charge in [0, 0.05) is 15.6 Å². The van der Waals surface area contributed by atoms with E-state index in [2.05, 4.69) is 31.1 Å². The molecule has 0 bridgehead atoms. The third-order valence-corrected chi connectivity index (χ3v) is 4.47. The summed E-state index contributed by atoms with van der Waals surface area (Å²) in [6, 6.07) is 8.35. The highest BCUT2D eigenvalue weighted by Crippen LogP contribution is 2.37. The normalized spacial score (nSPS) is 11.5. The maximum atomic E-state index is 14.4. The average molecular weight is 392 g/mol. The van der Waals surface area contributed by atoms with Crippen molar-refractivity contribution in [1.82, 2.24) is 19.6 Å². The van der Waals surface area contributed by atoms with Crippen molar-refractivity contribution in [3.8, 4) is 11.1 Å². The molecule has 2 aromatic carbocycles. The molecular formula is C16H9BrClFN4. The molecular weight excluding hydrogens is 383 g/mol. The van der Waals surface area contributed by atoms with Gasteiger partial charge in [0.1, 0.15) is 12.1 Å². The van der Waals surface area contributed by atoms with E-state index in [0.29, 0.717) is 33.0 Å². The molecule has 7 heteroatoms. The molecule has 0 atom stereocenters. The van der Waals surface area contributed by atoms with E-state index >= 15 is 0 Å². The van der Waals surface area contributed by atoms with Gasteiger partial charge in [-0.15, -0.1) is 10.2 Å². The lowest BCUT2D eigenvalue weighted by Gasteiger charge is -2.12. The Kier molecular flexibility index (Phi) is 3.32. The van der Waals surface area contributed by atoms with Crippen LogP contribution in [0.15, 0.2) is 41.1 Å². The summed E-state index contributed by atoms with van der Waals surface area (Å²) in [7, 11) is 0. The Morgan fingerprint density at radius 2 is 2.09 bits per heavy atom. The van der Waals surface area contributed by atoms with Crippen molar-refractivity contribution < 1.29 is 4.39 Å². The van der Waals surface area contributed by atoms with Gasteiger partial charge in [0.05, 0.1) is 21.7 Å². The predicted molar refractivity (Wildman–Crippen MR) is 91.1 cm³/mol. The molecule has 0 saturated heterocycles. The Bertz CT molecular complexity index is 1060. The molecule has 0 saturated carbocycles. The van der Waals surface area contributed by atoms with Gasteiger partial charge in [-0.2, -0.15) is 0 Å². The van der Waals surface area contributed by atoms with Crippen LogP contribution in [0.5, 0.6) is 0 Å². The molecule has 0 fully saturated rings. The molecule has 0 aliphatic rings. The fourth-order valence-corrected chi connectivity index (χ4v) is 3.42. The van der Waals surface area contributed by atoms with Crippen LogP contribution in [-0.4, -0.2) is 19.6 Å². The highest BCUT2D eigenvalue weighted by atomic mass is 79.9. The standard InChI is InChI=1S/C16H9BrClFN4/c1-8-16-22-20-7-23(16)13-6-9(17)5-10(15(13)21-8)14-11(18)3-2-4-12(14)19/h2-7H,1H3. The summed E-state index contributed by atoms with van der Waals surface area (Å²) in [4.78, 5) is 4.61. The second kappa shape index (κ2) is 5.25. The van der Waals surface area contributed by atoms with E-state index in [1.807, 2.05) is 23.5 Å². The molecule has 4 nitrogen and oxygen atoms in total. The molecule has 4 rings (SSSR count). The fourth-order valence-electron chi connectivity index (χ4n) is 2.71. The van der Waals surface area contributed by atoms with Crippen LogP contribution in [0.25, 0.3) is 27.8 Å². The lowest BCUT2D eigenvalue weighted by molar-refractivity contribution is 0.631. The van der Waals surface area contributed by atoms with Crippen molar-refractivity contribution in [3.63, 3.8) is 0 Å². The van der Waals surface area contributed by atoms with E-state index in [9.17, 15) is 4.39 Å². The van der Waals surface area contributed by atoms with Crippen molar-refractivity contribution in [1.29, 1.82) is 0 Å². The highest BCUT2D eigenvalue weighted by Gasteiger charge is 2.17. The topological polar surface area (TPSA) is 43.1 Å². The van der Waals surface area contributed by atoms with E-state index in [-0.39, 0.29) is 5.82 Å². The summed E-state index contributed by atoms with van der Waals surface area (Å²) in [5.74, 6) is -0.389. The fraction of sp³-hybridized carbons (Fsp3) is 0.0625. The number of fused-ring (bicyclic) bond motifs is 3. The maximum absolute atomic E-state index is 14.4. The van der Waals surface area contributed by atoms with Crippen LogP contribution >= 0.6 is 27.5 Å². The summed E-state index contributed by atoms with van der Waals surface area (Å²) in [6.45, 7) is 1.85. The molecule has 114 valence electrons. The van der Waals surface area contributed by atoms with Crippen molar-refractivity contribution in [2.24, 2.45) is 0 Å². The minimum Gasteiger partial charge on any atom is -0.278 e. The van der Waals surface area contributed by atoms with E-state index in [0.717, 1.165) is 9.99 Å². The number of hydrogen-bond donors (Lipinski definition) is 0. The molecule has 0 amide bonds. The van der Waals surface area contributed by atoms with Gasteiger partial charge in [0.2, 0.25) is 0 Å². The molecule has 23 heavy (non-hydrogen) atoms. The zero-order valence-corrected chi connectivity index (χ0v) is 14.2. The minimum atomic E-state index is -0.389. The molecule has 0 radical (unpaired) electrons. The lowest BCUT2D eigenvalue weighted by Crippen LogP contribution is -1.98. The summed E-state index contributed by atoms with van der Waals surface area (Å²) >= 11 is 9.71. The van der Waals surface area contributed by atoms with Crippen LogP contribution < -0.4 is 0 Å². The van der Waals surface area contributed by atoms with Gasteiger partial charge in [-0.1, -0.05) is 33.6 Å². The quantitative estimate of drug-likeness (QED) is 0.468. The average Bonchev–Trinajstić information content (AvgIpc) is 2.99. The zero-order chi connectivity index (χ0) is 16.1. The monoisotopic (exact) mass is 390 g/mol. The third kappa shape index (κ3) is 2.21. The van der Waals surface area contributed by atoms with Crippen LogP contribution in [0.3, 0.4) is 0 Å². The number of aromatic nitrogens is 4. The van der Waals surface area contributed by atoms with Gasteiger partial charge in [0.15, 0.2) is 5.65 Å². The Balaban J connectivity index is 2.22. The van der Waals surface area contributed by atoms with Gasteiger partial charge in [-0.25, -0.2) is 9.37 Å². The first-order valence-corrected chi connectivity index (χ1v) is 7.97. The molecule has 0 N–H and O–H groups in total. The molecule has 2 heterocycles. The van der Waals surface area contributed by atoms with Crippen LogP contribution in [0, 0.1) is 12.7 Å². The summed E-state index contributed by atoms with van der Waals surface area (Å²) in [5.41, 5.74) is 3.76. The number of benzene rings is 2. The van der Waals surface area contributed by atoms with Crippen LogP contribution in [0.2, 0.25) is 5.02 Å². The van der Waals surface area contributed by atoms with Gasteiger partial charge in [-0.3, -0.25) is 4.40 Å². The Morgan fingerprint density at radius 1 is 1.26 bits per heavy atom. The van der Waals surface area contributed by atoms with Gasteiger partial charge < -0.3 is 0 Å². The Labute approximate surface area is 144 Å². The van der Waals surface area contributed by atoms with Crippen LogP contribution in [0.4, 0.5) is 4.39 Å². The van der Waals surface area contributed by atoms with Crippen molar-refractivity contribution >= 4 is 44.2 Å². The minimum absolute atomic E-state index is 0.333. The maximum Gasteiger partial charge on any atom is 0.182 e. The number of halogens is 3. The van der Waals surface area contributed by atoms with Crippen molar-refractivity contribution in [3.05, 3.63) is 57.7 Å². The van der Waals surface area contributed by atoms with E-state index in [4.69, 9.17) is 11.6 Å². The zero-order valence-electron chi connectivity index (χ0n) is 11.9. The Morgan fingerprint density at radius 3 is 2.87 bits per heavy atom. The smallest absolute Gasteiger partial charge is 0.182 e. The second-order valence-corrected chi connectivity index (χ2v) is 6.46. The lowest BCUT2D eigenvalue weighted by atomic mass is 10.0. The van der Waals surface area contributed by atoms with Gasteiger partial charge in [-0.05, 0) is 31.2 Å². The first kappa shape index (κ1) is 14.5. The number of hydrogen-bond acceptors (Lipinski definition) is 3. The molecule has 0 spiro atoms. The van der Waals surface area contributed by atoms with Crippen LogP contribution in [-0.2, 0) is 0 Å². The summed E-state index contributed by atoms with van der Waals surface area (Å²) in [6.07, 6.45) is 1.62. The molecule has 0 aliphatic carbocycles. The summed E-state index contributed by atoms with van der Waals surface area (Å²) in [5, 5.41) is 8.35. The molecule has 0 aliphatic heterocycles. The molecule has 4 aromatic rings. The number of nitrogens with zero attached hydrogens (tertiary/aromatic N) is 4. The first-order valence-electron chi connectivity index (χ1n) is 6.80.